The number of nitriles is 1. The van der Waals surface area contributed by atoms with Crippen LogP contribution in [0.15, 0.2) is 28.2 Å². The van der Waals surface area contributed by atoms with E-state index in [0.717, 1.165) is 19.3 Å². The van der Waals surface area contributed by atoms with Gasteiger partial charge in [0.2, 0.25) is 0 Å². The normalized spacial score (nSPS) is 22.0. The van der Waals surface area contributed by atoms with Crippen LogP contribution >= 0.6 is 15.9 Å². The summed E-state index contributed by atoms with van der Waals surface area (Å²) in [6, 6.07) is 6.95. The first kappa shape index (κ1) is 16.6. The number of amides is 1. The molecular formula is C17H19BrN2O2. The summed E-state index contributed by atoms with van der Waals surface area (Å²) < 4.78 is 0.528. The fourth-order valence-electron chi connectivity index (χ4n) is 2.71. The lowest BCUT2D eigenvalue weighted by atomic mass is 9.86. The van der Waals surface area contributed by atoms with Crippen molar-refractivity contribution in [1.29, 1.82) is 5.26 Å². The molecule has 1 aliphatic rings. The van der Waals surface area contributed by atoms with E-state index in [-0.39, 0.29) is 23.3 Å². The summed E-state index contributed by atoms with van der Waals surface area (Å²) in [6.07, 6.45) is 5.94. The highest BCUT2D eigenvalue weighted by Crippen LogP contribution is 2.26. The summed E-state index contributed by atoms with van der Waals surface area (Å²) in [5, 5.41) is 21.7. The molecule has 0 radical (unpaired) electrons. The van der Waals surface area contributed by atoms with Gasteiger partial charge in [0.05, 0.1) is 4.47 Å². The Labute approximate surface area is 139 Å². The van der Waals surface area contributed by atoms with Gasteiger partial charge >= 0.3 is 0 Å². The van der Waals surface area contributed by atoms with Crippen molar-refractivity contribution in [3.63, 3.8) is 0 Å². The average molecular weight is 363 g/mol. The quantitative estimate of drug-likeness (QED) is 0.635. The summed E-state index contributed by atoms with van der Waals surface area (Å²) in [5.74, 6) is 0.238. The van der Waals surface area contributed by atoms with E-state index in [2.05, 4.69) is 28.2 Å². The number of carbonyl (C=O) groups excluding carboxylic acids is 1. The number of halogens is 1. The number of rotatable bonds is 3. The summed E-state index contributed by atoms with van der Waals surface area (Å²) >= 11 is 3.22. The van der Waals surface area contributed by atoms with Crippen molar-refractivity contribution in [2.24, 2.45) is 5.92 Å². The van der Waals surface area contributed by atoms with Gasteiger partial charge in [-0.1, -0.05) is 25.8 Å². The Hall–Kier alpha value is -1.80. The number of phenols is 1. The molecule has 1 aromatic rings. The molecule has 1 aliphatic carbocycles. The van der Waals surface area contributed by atoms with Crippen LogP contribution in [0.4, 0.5) is 0 Å². The van der Waals surface area contributed by atoms with Crippen LogP contribution in [0.2, 0.25) is 0 Å². The number of aromatic hydroxyl groups is 1. The molecular weight excluding hydrogens is 344 g/mol. The van der Waals surface area contributed by atoms with Gasteiger partial charge in [0.1, 0.15) is 17.4 Å². The Kier molecular flexibility index (Phi) is 5.62. The van der Waals surface area contributed by atoms with Crippen molar-refractivity contribution >= 4 is 27.9 Å². The highest BCUT2D eigenvalue weighted by molar-refractivity contribution is 9.10. The molecule has 2 N–H and O–H groups in total. The molecule has 0 saturated heterocycles. The molecule has 0 heterocycles. The van der Waals surface area contributed by atoms with E-state index in [9.17, 15) is 15.2 Å². The van der Waals surface area contributed by atoms with Crippen LogP contribution in [0.5, 0.6) is 5.75 Å². The van der Waals surface area contributed by atoms with Crippen molar-refractivity contribution in [2.75, 3.05) is 0 Å². The molecule has 0 bridgehead atoms. The van der Waals surface area contributed by atoms with E-state index in [1.807, 2.05) is 6.07 Å². The smallest absolute Gasteiger partial charge is 0.262 e. The molecule has 0 aromatic heterocycles. The van der Waals surface area contributed by atoms with Crippen LogP contribution in [-0.4, -0.2) is 17.1 Å². The largest absolute Gasteiger partial charge is 0.507 e. The van der Waals surface area contributed by atoms with Gasteiger partial charge in [-0.05, 0) is 58.5 Å². The predicted molar refractivity (Wildman–Crippen MR) is 89.0 cm³/mol. The SMILES string of the molecule is CC1CCCCC1NC(=O)/C(C#N)=C/c1ccc(O)c(Br)c1. The Balaban J connectivity index is 2.13. The fraction of sp³-hybridized carbons (Fsp3) is 0.412. The monoisotopic (exact) mass is 362 g/mol. The van der Waals surface area contributed by atoms with Crippen LogP contribution in [0.1, 0.15) is 38.2 Å². The number of nitrogens with zero attached hydrogens (tertiary/aromatic N) is 1. The van der Waals surface area contributed by atoms with Crippen molar-refractivity contribution in [1.82, 2.24) is 5.32 Å². The molecule has 2 rings (SSSR count). The van der Waals surface area contributed by atoms with Gasteiger partial charge in [0, 0.05) is 6.04 Å². The molecule has 1 fully saturated rings. The van der Waals surface area contributed by atoms with E-state index in [1.54, 1.807) is 12.1 Å². The molecule has 1 aromatic carbocycles. The van der Waals surface area contributed by atoms with Crippen LogP contribution < -0.4 is 5.32 Å². The number of hydrogen-bond acceptors (Lipinski definition) is 3. The second-order valence-corrected chi connectivity index (χ2v) is 6.58. The average Bonchev–Trinajstić information content (AvgIpc) is 2.50. The third-order valence-electron chi connectivity index (χ3n) is 4.08. The standard InChI is InChI=1S/C17H19BrN2O2/c1-11-4-2-3-5-15(11)20-17(22)13(10-19)8-12-6-7-16(21)14(18)9-12/h6-9,11,15,21H,2-5H2,1H3,(H,20,22)/b13-8+. The van der Waals surface area contributed by atoms with Gasteiger partial charge < -0.3 is 10.4 Å². The predicted octanol–water partition coefficient (Wildman–Crippen LogP) is 3.76. The van der Waals surface area contributed by atoms with Gasteiger partial charge in [-0.25, -0.2) is 0 Å². The molecule has 116 valence electrons. The maximum Gasteiger partial charge on any atom is 0.262 e. The number of hydrogen-bond donors (Lipinski definition) is 2. The van der Waals surface area contributed by atoms with Gasteiger partial charge in [0.25, 0.3) is 5.91 Å². The molecule has 5 heteroatoms. The highest BCUT2D eigenvalue weighted by Gasteiger charge is 2.24. The zero-order chi connectivity index (χ0) is 16.1. The van der Waals surface area contributed by atoms with Crippen molar-refractivity contribution in [3.05, 3.63) is 33.8 Å². The van der Waals surface area contributed by atoms with Crippen LogP contribution in [0, 0.1) is 17.2 Å². The molecule has 2 atom stereocenters. The first-order chi connectivity index (χ1) is 10.5. The molecule has 4 nitrogen and oxygen atoms in total. The lowest BCUT2D eigenvalue weighted by Crippen LogP contribution is -2.41. The number of phenolic OH excluding ortho intramolecular Hbond substituents is 1. The number of nitrogens with one attached hydrogen (secondary N) is 1. The van der Waals surface area contributed by atoms with E-state index in [0.29, 0.717) is 16.0 Å². The van der Waals surface area contributed by atoms with E-state index >= 15 is 0 Å². The van der Waals surface area contributed by atoms with E-state index < -0.39 is 0 Å². The minimum absolute atomic E-state index is 0.0790. The maximum absolute atomic E-state index is 12.3. The van der Waals surface area contributed by atoms with Gasteiger partial charge in [0.15, 0.2) is 0 Å². The van der Waals surface area contributed by atoms with Gasteiger partial charge in [-0.15, -0.1) is 0 Å². The minimum atomic E-state index is -0.328. The Bertz CT molecular complexity index is 634. The van der Waals surface area contributed by atoms with Gasteiger partial charge in [-0.2, -0.15) is 5.26 Å². The molecule has 0 aliphatic heterocycles. The second-order valence-electron chi connectivity index (χ2n) is 5.72. The third-order valence-corrected chi connectivity index (χ3v) is 4.71. The summed E-state index contributed by atoms with van der Waals surface area (Å²) in [6.45, 7) is 2.14. The first-order valence-electron chi connectivity index (χ1n) is 7.42. The van der Waals surface area contributed by atoms with Crippen molar-refractivity contribution in [3.8, 4) is 11.8 Å². The van der Waals surface area contributed by atoms with Gasteiger partial charge in [-0.3, -0.25) is 4.79 Å². The van der Waals surface area contributed by atoms with Crippen LogP contribution in [0.3, 0.4) is 0 Å². The molecule has 1 amide bonds. The zero-order valence-corrected chi connectivity index (χ0v) is 14.1. The zero-order valence-electron chi connectivity index (χ0n) is 12.5. The lowest BCUT2D eigenvalue weighted by molar-refractivity contribution is -0.118. The van der Waals surface area contributed by atoms with Crippen molar-refractivity contribution < 1.29 is 9.90 Å². The molecule has 1 saturated carbocycles. The lowest BCUT2D eigenvalue weighted by Gasteiger charge is -2.29. The Morgan fingerprint density at radius 2 is 2.18 bits per heavy atom. The molecule has 0 spiro atoms. The van der Waals surface area contributed by atoms with Crippen molar-refractivity contribution in [2.45, 2.75) is 38.6 Å². The fourth-order valence-corrected chi connectivity index (χ4v) is 3.10. The van der Waals surface area contributed by atoms with Crippen LogP contribution in [-0.2, 0) is 4.79 Å². The molecule has 2 unspecified atom stereocenters. The Morgan fingerprint density at radius 1 is 1.45 bits per heavy atom. The summed E-state index contributed by atoms with van der Waals surface area (Å²) in [4.78, 5) is 12.3. The van der Waals surface area contributed by atoms with E-state index in [4.69, 9.17) is 0 Å². The number of benzene rings is 1. The van der Waals surface area contributed by atoms with E-state index in [1.165, 1.54) is 18.6 Å². The summed E-state index contributed by atoms with van der Waals surface area (Å²) in [5.41, 5.74) is 0.767. The van der Waals surface area contributed by atoms with Crippen LogP contribution in [0.25, 0.3) is 6.08 Å². The topological polar surface area (TPSA) is 73.1 Å². The maximum atomic E-state index is 12.3. The first-order valence-corrected chi connectivity index (χ1v) is 8.21. The minimum Gasteiger partial charge on any atom is -0.507 e. The second kappa shape index (κ2) is 7.46. The third kappa shape index (κ3) is 4.11. The Morgan fingerprint density at radius 3 is 2.82 bits per heavy atom. The summed E-state index contributed by atoms with van der Waals surface area (Å²) in [7, 11) is 0. The highest BCUT2D eigenvalue weighted by atomic mass is 79.9. The number of carbonyl (C=O) groups is 1. The molecule has 22 heavy (non-hydrogen) atoms.